The average molecular weight is 346 g/mol. The molecule has 1 aliphatic rings. The number of benzene rings is 1. The Kier molecular flexibility index (Phi) is 4.17. The maximum atomic E-state index is 12.5. The van der Waals surface area contributed by atoms with E-state index in [1.54, 1.807) is 24.3 Å². The molecule has 1 atom stereocenters. The number of hydrogen-bond acceptors (Lipinski definition) is 6. The van der Waals surface area contributed by atoms with Crippen molar-refractivity contribution in [3.63, 3.8) is 0 Å². The zero-order valence-electron chi connectivity index (χ0n) is 12.7. The lowest BCUT2D eigenvalue weighted by Gasteiger charge is -2.16. The van der Waals surface area contributed by atoms with Gasteiger partial charge in [-0.15, -0.1) is 0 Å². The van der Waals surface area contributed by atoms with Crippen LogP contribution < -0.4 is 20.5 Å². The predicted molar refractivity (Wildman–Crippen MR) is 89.8 cm³/mol. The van der Waals surface area contributed by atoms with E-state index in [0.717, 1.165) is 4.90 Å². The van der Waals surface area contributed by atoms with Gasteiger partial charge < -0.3 is 15.0 Å². The van der Waals surface area contributed by atoms with Crippen molar-refractivity contribution in [2.24, 2.45) is 0 Å². The fourth-order valence-electron chi connectivity index (χ4n) is 2.48. The first kappa shape index (κ1) is 15.9. The molecule has 9 heteroatoms. The highest BCUT2D eigenvalue weighted by Crippen LogP contribution is 2.26. The molecule has 1 saturated heterocycles. The van der Waals surface area contributed by atoms with Gasteiger partial charge in [0, 0.05) is 6.07 Å². The number of aromatic amines is 2. The van der Waals surface area contributed by atoms with Gasteiger partial charge in [0.15, 0.2) is 4.77 Å². The SMILES string of the molecule is COc1ccc(N2C(=O)CC(Nc3cc(=O)[nH]c(=S)[nH]3)C2=O)cc1. The van der Waals surface area contributed by atoms with Crippen LogP contribution in [0.3, 0.4) is 0 Å². The molecule has 124 valence electrons. The van der Waals surface area contributed by atoms with Crippen molar-refractivity contribution in [1.82, 2.24) is 9.97 Å². The smallest absolute Gasteiger partial charge is 0.256 e. The Morgan fingerprint density at radius 2 is 1.92 bits per heavy atom. The minimum atomic E-state index is -0.771. The van der Waals surface area contributed by atoms with E-state index in [2.05, 4.69) is 15.3 Å². The van der Waals surface area contributed by atoms with Crippen molar-refractivity contribution in [2.45, 2.75) is 12.5 Å². The number of imide groups is 1. The minimum absolute atomic E-state index is 0.0156. The maximum absolute atomic E-state index is 12.5. The highest BCUT2D eigenvalue weighted by molar-refractivity contribution is 7.71. The molecule has 1 aromatic heterocycles. The van der Waals surface area contributed by atoms with E-state index >= 15 is 0 Å². The maximum Gasteiger partial charge on any atom is 0.256 e. The van der Waals surface area contributed by atoms with Gasteiger partial charge in [-0.2, -0.15) is 0 Å². The summed E-state index contributed by atoms with van der Waals surface area (Å²) in [6.45, 7) is 0. The summed E-state index contributed by atoms with van der Waals surface area (Å²) < 4.78 is 5.19. The molecule has 0 saturated carbocycles. The summed E-state index contributed by atoms with van der Waals surface area (Å²) in [5.74, 6) is 0.186. The largest absolute Gasteiger partial charge is 0.497 e. The summed E-state index contributed by atoms with van der Waals surface area (Å²) in [7, 11) is 1.53. The van der Waals surface area contributed by atoms with Crippen molar-refractivity contribution in [2.75, 3.05) is 17.3 Å². The van der Waals surface area contributed by atoms with E-state index in [1.165, 1.54) is 13.2 Å². The Bertz CT molecular complexity index is 874. The second-order valence-corrected chi connectivity index (χ2v) is 5.58. The molecule has 1 aromatic carbocycles. The topological polar surface area (TPSA) is 107 Å². The number of anilines is 2. The van der Waals surface area contributed by atoms with Gasteiger partial charge in [-0.3, -0.25) is 19.4 Å². The van der Waals surface area contributed by atoms with Crippen LogP contribution in [-0.4, -0.2) is 34.9 Å². The van der Waals surface area contributed by atoms with Crippen molar-refractivity contribution in [3.8, 4) is 5.75 Å². The van der Waals surface area contributed by atoms with E-state index in [4.69, 9.17) is 17.0 Å². The number of H-pyrrole nitrogens is 2. The van der Waals surface area contributed by atoms with Crippen LogP contribution in [0.4, 0.5) is 11.5 Å². The first-order chi connectivity index (χ1) is 11.5. The Balaban J connectivity index is 1.83. The molecule has 24 heavy (non-hydrogen) atoms. The first-order valence-corrected chi connectivity index (χ1v) is 7.50. The van der Waals surface area contributed by atoms with Crippen LogP contribution in [0.5, 0.6) is 5.75 Å². The van der Waals surface area contributed by atoms with Crippen LogP contribution in [0.2, 0.25) is 0 Å². The lowest BCUT2D eigenvalue weighted by Crippen LogP contribution is -2.35. The number of nitrogens with zero attached hydrogens (tertiary/aromatic N) is 1. The van der Waals surface area contributed by atoms with E-state index in [0.29, 0.717) is 11.4 Å². The van der Waals surface area contributed by atoms with Gasteiger partial charge in [-0.1, -0.05) is 0 Å². The van der Waals surface area contributed by atoms with Gasteiger partial charge in [0.2, 0.25) is 5.91 Å². The number of carbonyl (C=O) groups excluding carboxylic acids is 2. The predicted octanol–water partition coefficient (Wildman–Crippen LogP) is 1.19. The zero-order chi connectivity index (χ0) is 17.3. The molecule has 2 amide bonds. The number of aromatic nitrogens is 2. The van der Waals surface area contributed by atoms with Crippen LogP contribution in [0.15, 0.2) is 35.1 Å². The van der Waals surface area contributed by atoms with Crippen LogP contribution in [-0.2, 0) is 9.59 Å². The zero-order valence-corrected chi connectivity index (χ0v) is 13.5. The molecule has 0 aliphatic carbocycles. The Morgan fingerprint density at radius 3 is 2.54 bits per heavy atom. The number of carbonyl (C=O) groups is 2. The second kappa shape index (κ2) is 6.28. The molecule has 1 aliphatic heterocycles. The molecule has 3 rings (SSSR count). The van der Waals surface area contributed by atoms with Crippen LogP contribution >= 0.6 is 12.2 Å². The van der Waals surface area contributed by atoms with E-state index in [-0.39, 0.29) is 22.9 Å². The number of methoxy groups -OCH3 is 1. The molecule has 0 spiro atoms. The molecular weight excluding hydrogens is 332 g/mol. The van der Waals surface area contributed by atoms with Crippen LogP contribution in [0.25, 0.3) is 0 Å². The molecular formula is C15H14N4O4S. The van der Waals surface area contributed by atoms with Crippen LogP contribution in [0.1, 0.15) is 6.42 Å². The Hall–Kier alpha value is -2.94. The van der Waals surface area contributed by atoms with Gasteiger partial charge >= 0.3 is 0 Å². The number of nitrogens with one attached hydrogen (secondary N) is 3. The van der Waals surface area contributed by atoms with E-state index in [9.17, 15) is 14.4 Å². The lowest BCUT2D eigenvalue weighted by molar-refractivity contribution is -0.121. The average Bonchev–Trinajstić information content (AvgIpc) is 2.80. The highest BCUT2D eigenvalue weighted by atomic mass is 32.1. The van der Waals surface area contributed by atoms with Gasteiger partial charge in [-0.05, 0) is 36.5 Å². The Labute approximate surface area is 141 Å². The number of ether oxygens (including phenoxy) is 1. The fourth-order valence-corrected chi connectivity index (χ4v) is 2.69. The third-order valence-electron chi connectivity index (χ3n) is 3.57. The number of rotatable bonds is 4. The van der Waals surface area contributed by atoms with Crippen molar-refractivity contribution >= 4 is 35.5 Å². The summed E-state index contributed by atoms with van der Waals surface area (Å²) in [4.78, 5) is 42.4. The summed E-state index contributed by atoms with van der Waals surface area (Å²) >= 11 is 4.88. The normalized spacial score (nSPS) is 17.2. The molecule has 1 fully saturated rings. The monoisotopic (exact) mass is 346 g/mol. The highest BCUT2D eigenvalue weighted by Gasteiger charge is 2.39. The molecule has 2 heterocycles. The lowest BCUT2D eigenvalue weighted by atomic mass is 10.2. The van der Waals surface area contributed by atoms with E-state index < -0.39 is 17.5 Å². The molecule has 8 nitrogen and oxygen atoms in total. The quantitative estimate of drug-likeness (QED) is 0.567. The summed E-state index contributed by atoms with van der Waals surface area (Å²) in [5, 5.41) is 2.85. The molecule has 3 N–H and O–H groups in total. The Morgan fingerprint density at radius 1 is 1.21 bits per heavy atom. The standard InChI is InChI=1S/C15H14N4O4S/c1-23-9-4-2-8(3-5-9)19-13(21)6-10(14(19)22)16-11-7-12(20)18-15(24)17-11/h2-5,7,10H,6H2,1H3,(H3,16,17,18,20,24). The number of amides is 2. The van der Waals surface area contributed by atoms with Crippen LogP contribution in [0, 0.1) is 4.77 Å². The second-order valence-electron chi connectivity index (χ2n) is 5.17. The van der Waals surface area contributed by atoms with Crippen molar-refractivity contribution < 1.29 is 14.3 Å². The molecule has 0 radical (unpaired) electrons. The first-order valence-electron chi connectivity index (χ1n) is 7.09. The third kappa shape index (κ3) is 3.06. The van der Waals surface area contributed by atoms with Crippen molar-refractivity contribution in [1.29, 1.82) is 0 Å². The van der Waals surface area contributed by atoms with Gasteiger partial charge in [-0.25, -0.2) is 4.90 Å². The van der Waals surface area contributed by atoms with E-state index in [1.807, 2.05) is 0 Å². The molecule has 2 aromatic rings. The van der Waals surface area contributed by atoms with Gasteiger partial charge in [0.25, 0.3) is 11.5 Å². The number of hydrogen-bond donors (Lipinski definition) is 3. The van der Waals surface area contributed by atoms with Crippen molar-refractivity contribution in [3.05, 3.63) is 45.5 Å². The van der Waals surface area contributed by atoms with Gasteiger partial charge in [0.05, 0.1) is 19.2 Å². The molecule has 0 bridgehead atoms. The summed E-state index contributed by atoms with van der Waals surface area (Å²) in [6, 6.07) is 7.08. The van der Waals surface area contributed by atoms with Gasteiger partial charge in [0.1, 0.15) is 17.6 Å². The molecule has 1 unspecified atom stereocenters. The summed E-state index contributed by atoms with van der Waals surface area (Å²) in [5.41, 5.74) is 0.0685. The minimum Gasteiger partial charge on any atom is -0.497 e. The summed E-state index contributed by atoms with van der Waals surface area (Å²) in [6.07, 6.45) is -0.0156. The fraction of sp³-hybridized carbons (Fsp3) is 0.200. The third-order valence-corrected chi connectivity index (χ3v) is 3.77.